The van der Waals surface area contributed by atoms with E-state index in [2.05, 4.69) is 73.1 Å². The Morgan fingerprint density at radius 2 is 2.04 bits per heavy atom. The fourth-order valence-corrected chi connectivity index (χ4v) is 5.08. The Balaban J connectivity index is 1.45. The molecule has 4 rings (SSSR count). The van der Waals surface area contributed by atoms with Gasteiger partial charge in [0.05, 0.1) is 12.6 Å². The van der Waals surface area contributed by atoms with Crippen LogP contribution in [-0.2, 0) is 11.2 Å². The average Bonchev–Trinajstić information content (AvgIpc) is 3.13. The van der Waals surface area contributed by atoms with Crippen molar-refractivity contribution >= 4 is 28.0 Å². The van der Waals surface area contributed by atoms with E-state index in [0.717, 1.165) is 13.0 Å². The summed E-state index contributed by atoms with van der Waals surface area (Å²) in [6.45, 7) is 5.88. The molecule has 1 aliphatic heterocycles. The Kier molecular flexibility index (Phi) is 4.79. The van der Waals surface area contributed by atoms with Crippen molar-refractivity contribution in [1.82, 2.24) is 5.32 Å². The van der Waals surface area contributed by atoms with E-state index >= 15 is 0 Å². The predicted octanol–water partition coefficient (Wildman–Crippen LogP) is 3.28. The van der Waals surface area contributed by atoms with Crippen LogP contribution in [0.3, 0.4) is 0 Å². The van der Waals surface area contributed by atoms with Crippen LogP contribution in [0.4, 0.5) is 0 Å². The zero-order valence-electron chi connectivity index (χ0n) is 15.3. The van der Waals surface area contributed by atoms with Gasteiger partial charge in [0, 0.05) is 16.9 Å². The molecule has 0 saturated carbocycles. The summed E-state index contributed by atoms with van der Waals surface area (Å²) in [6.07, 6.45) is 1.08. The highest BCUT2D eigenvalue weighted by atomic mass is 32.1. The first-order chi connectivity index (χ1) is 12.6. The van der Waals surface area contributed by atoms with Gasteiger partial charge in [-0.2, -0.15) is 0 Å². The molecule has 4 heteroatoms. The Bertz CT molecular complexity index is 927. The van der Waals surface area contributed by atoms with Gasteiger partial charge in [-0.05, 0) is 41.6 Å². The van der Waals surface area contributed by atoms with Crippen LogP contribution in [0.5, 0.6) is 0 Å². The molecule has 1 amide bonds. The standard InChI is InChI=1S/C22H24N2OS/c1-15(18-9-5-7-17-6-3-4-8-20(17)18)23-22(25)14-24-12-10-21-19(16(24)2)11-13-26-21/h3-9,11,13,15-16H,10,12,14H2,1-2H3,(H,23,25)/p+1/t15-,16+/m0/s1. The normalized spacial score (nSPS) is 20.5. The van der Waals surface area contributed by atoms with E-state index < -0.39 is 0 Å². The summed E-state index contributed by atoms with van der Waals surface area (Å²) in [5.74, 6) is 0.131. The van der Waals surface area contributed by atoms with Crippen LogP contribution in [-0.4, -0.2) is 19.0 Å². The number of quaternary nitrogens is 1. The van der Waals surface area contributed by atoms with Gasteiger partial charge in [-0.15, -0.1) is 11.3 Å². The van der Waals surface area contributed by atoms with E-state index in [1.165, 1.54) is 31.7 Å². The Morgan fingerprint density at radius 1 is 1.23 bits per heavy atom. The molecule has 0 spiro atoms. The fourth-order valence-electron chi connectivity index (χ4n) is 4.10. The number of carbonyl (C=O) groups is 1. The van der Waals surface area contributed by atoms with Crippen molar-refractivity contribution in [3.63, 3.8) is 0 Å². The van der Waals surface area contributed by atoms with Gasteiger partial charge < -0.3 is 10.2 Å². The summed E-state index contributed by atoms with van der Waals surface area (Å²) in [6, 6.07) is 17.3. The highest BCUT2D eigenvalue weighted by molar-refractivity contribution is 7.10. The van der Waals surface area contributed by atoms with Crippen LogP contribution in [0.25, 0.3) is 10.8 Å². The van der Waals surface area contributed by atoms with Gasteiger partial charge in [0.15, 0.2) is 6.54 Å². The van der Waals surface area contributed by atoms with Gasteiger partial charge in [-0.25, -0.2) is 0 Å². The van der Waals surface area contributed by atoms with Gasteiger partial charge in [0.2, 0.25) is 0 Å². The number of fused-ring (bicyclic) bond motifs is 2. The van der Waals surface area contributed by atoms with Crippen LogP contribution in [0.15, 0.2) is 53.9 Å². The number of hydrogen-bond acceptors (Lipinski definition) is 2. The highest BCUT2D eigenvalue weighted by Crippen LogP contribution is 2.25. The molecule has 3 nitrogen and oxygen atoms in total. The van der Waals surface area contributed by atoms with Crippen molar-refractivity contribution in [2.45, 2.75) is 32.4 Å². The minimum atomic E-state index is 0.00445. The van der Waals surface area contributed by atoms with Gasteiger partial charge in [-0.1, -0.05) is 42.5 Å². The smallest absolute Gasteiger partial charge is 0.275 e. The van der Waals surface area contributed by atoms with Crippen molar-refractivity contribution in [3.05, 3.63) is 69.9 Å². The molecule has 134 valence electrons. The van der Waals surface area contributed by atoms with E-state index in [0.29, 0.717) is 12.6 Å². The molecular weight excluding hydrogens is 340 g/mol. The summed E-state index contributed by atoms with van der Waals surface area (Å²) in [5, 5.41) is 7.82. The van der Waals surface area contributed by atoms with Crippen LogP contribution in [0.1, 0.15) is 41.9 Å². The first-order valence-electron chi connectivity index (χ1n) is 9.31. The zero-order valence-corrected chi connectivity index (χ0v) is 16.1. The van der Waals surface area contributed by atoms with Crippen molar-refractivity contribution in [2.75, 3.05) is 13.1 Å². The topological polar surface area (TPSA) is 33.5 Å². The Hall–Kier alpha value is -2.17. The maximum absolute atomic E-state index is 12.7. The molecule has 0 bridgehead atoms. The number of hydrogen-bond donors (Lipinski definition) is 2. The molecule has 1 aromatic heterocycles. The summed E-state index contributed by atoms with van der Waals surface area (Å²) < 4.78 is 0. The number of thiophene rings is 1. The third-order valence-electron chi connectivity index (χ3n) is 5.59. The van der Waals surface area contributed by atoms with Crippen LogP contribution in [0, 0.1) is 0 Å². The molecule has 1 unspecified atom stereocenters. The summed E-state index contributed by atoms with van der Waals surface area (Å²) >= 11 is 1.85. The van der Waals surface area contributed by atoms with Crippen molar-refractivity contribution in [2.24, 2.45) is 0 Å². The molecule has 3 atom stereocenters. The lowest BCUT2D eigenvalue weighted by Gasteiger charge is -2.30. The van der Waals surface area contributed by atoms with Crippen LogP contribution >= 0.6 is 11.3 Å². The lowest BCUT2D eigenvalue weighted by Crippen LogP contribution is -3.14. The molecule has 2 aromatic carbocycles. The van der Waals surface area contributed by atoms with E-state index in [4.69, 9.17) is 0 Å². The van der Waals surface area contributed by atoms with Gasteiger partial charge in [-0.3, -0.25) is 4.79 Å². The quantitative estimate of drug-likeness (QED) is 0.731. The number of amides is 1. The lowest BCUT2D eigenvalue weighted by molar-refractivity contribution is -0.924. The Labute approximate surface area is 158 Å². The molecule has 0 aliphatic carbocycles. The maximum atomic E-state index is 12.7. The molecule has 26 heavy (non-hydrogen) atoms. The van der Waals surface area contributed by atoms with E-state index in [-0.39, 0.29) is 11.9 Å². The number of nitrogens with one attached hydrogen (secondary N) is 2. The molecule has 1 aliphatic rings. The Morgan fingerprint density at radius 3 is 2.92 bits per heavy atom. The maximum Gasteiger partial charge on any atom is 0.275 e. The second-order valence-electron chi connectivity index (χ2n) is 7.21. The minimum absolute atomic E-state index is 0.00445. The first-order valence-corrected chi connectivity index (χ1v) is 10.2. The van der Waals surface area contributed by atoms with E-state index in [9.17, 15) is 4.79 Å². The zero-order chi connectivity index (χ0) is 18.1. The summed E-state index contributed by atoms with van der Waals surface area (Å²) in [7, 11) is 0. The molecular formula is C22H25N2OS+. The highest BCUT2D eigenvalue weighted by Gasteiger charge is 2.30. The van der Waals surface area contributed by atoms with Crippen molar-refractivity contribution in [3.8, 4) is 0 Å². The predicted molar refractivity (Wildman–Crippen MR) is 108 cm³/mol. The van der Waals surface area contributed by atoms with Gasteiger partial charge >= 0.3 is 0 Å². The first kappa shape index (κ1) is 17.3. The number of rotatable bonds is 4. The van der Waals surface area contributed by atoms with Crippen LogP contribution in [0.2, 0.25) is 0 Å². The number of carbonyl (C=O) groups excluding carboxylic acids is 1. The second kappa shape index (κ2) is 7.22. The van der Waals surface area contributed by atoms with E-state index in [1.807, 2.05) is 11.3 Å². The SMILES string of the molecule is C[C@H](NC(=O)C[NH+]1CCc2sccc2[C@H]1C)c1cccc2ccccc12. The third kappa shape index (κ3) is 3.27. The molecule has 2 heterocycles. The molecule has 0 fully saturated rings. The molecule has 0 radical (unpaired) electrons. The summed E-state index contributed by atoms with van der Waals surface area (Å²) in [5.41, 5.74) is 2.60. The average molecular weight is 366 g/mol. The lowest BCUT2D eigenvalue weighted by atomic mass is 9.99. The summed E-state index contributed by atoms with van der Waals surface area (Å²) in [4.78, 5) is 15.5. The van der Waals surface area contributed by atoms with Gasteiger partial charge in [0.25, 0.3) is 5.91 Å². The van der Waals surface area contributed by atoms with Crippen molar-refractivity contribution < 1.29 is 9.69 Å². The largest absolute Gasteiger partial charge is 0.345 e. The fraction of sp³-hybridized carbons (Fsp3) is 0.318. The minimum Gasteiger partial charge on any atom is -0.345 e. The van der Waals surface area contributed by atoms with Crippen molar-refractivity contribution in [1.29, 1.82) is 0 Å². The monoisotopic (exact) mass is 365 g/mol. The molecule has 2 N–H and O–H groups in total. The molecule has 3 aromatic rings. The number of benzene rings is 2. The third-order valence-corrected chi connectivity index (χ3v) is 6.58. The second-order valence-corrected chi connectivity index (χ2v) is 8.21. The van der Waals surface area contributed by atoms with Gasteiger partial charge in [0.1, 0.15) is 6.04 Å². The van der Waals surface area contributed by atoms with E-state index in [1.54, 1.807) is 0 Å². The molecule has 0 saturated heterocycles. The van der Waals surface area contributed by atoms with Crippen LogP contribution < -0.4 is 10.2 Å².